The van der Waals surface area contributed by atoms with E-state index in [2.05, 4.69) is 31.9 Å². The monoisotopic (exact) mass is 214 g/mol. The lowest BCUT2D eigenvalue weighted by molar-refractivity contribution is 0.673. The molecule has 0 radical (unpaired) electrons. The predicted octanol–water partition coefficient (Wildman–Crippen LogP) is 1.79. The SMILES string of the molecule is c1cc(CCc2nncn2C2CC2)ccn1. The van der Waals surface area contributed by atoms with Crippen LogP contribution in [-0.2, 0) is 12.8 Å². The van der Waals surface area contributed by atoms with Crippen LogP contribution >= 0.6 is 0 Å². The molecule has 1 fully saturated rings. The van der Waals surface area contributed by atoms with E-state index >= 15 is 0 Å². The van der Waals surface area contributed by atoms with Gasteiger partial charge >= 0.3 is 0 Å². The third-order valence-electron chi connectivity index (χ3n) is 2.97. The molecule has 0 amide bonds. The molecule has 4 nitrogen and oxygen atoms in total. The molecule has 0 saturated heterocycles. The van der Waals surface area contributed by atoms with Crippen LogP contribution in [0.15, 0.2) is 30.9 Å². The van der Waals surface area contributed by atoms with Crippen LogP contribution in [0.4, 0.5) is 0 Å². The standard InChI is InChI=1S/C12H14N4/c1(10-5-7-13-8-6-10)4-12-15-14-9-16(12)11-2-3-11/h5-9,11H,1-4H2. The fraction of sp³-hybridized carbons (Fsp3) is 0.417. The summed E-state index contributed by atoms with van der Waals surface area (Å²) in [5.41, 5.74) is 1.31. The Kier molecular flexibility index (Phi) is 2.40. The first-order valence-electron chi connectivity index (χ1n) is 5.71. The van der Waals surface area contributed by atoms with Gasteiger partial charge in [0.05, 0.1) is 0 Å². The molecule has 0 aromatic carbocycles. The van der Waals surface area contributed by atoms with Gasteiger partial charge in [0.2, 0.25) is 0 Å². The van der Waals surface area contributed by atoms with Crippen LogP contribution in [0.1, 0.15) is 30.3 Å². The molecule has 1 saturated carbocycles. The van der Waals surface area contributed by atoms with E-state index in [1.54, 1.807) is 0 Å². The first-order valence-corrected chi connectivity index (χ1v) is 5.71. The zero-order chi connectivity index (χ0) is 10.8. The molecule has 0 unspecified atom stereocenters. The topological polar surface area (TPSA) is 43.6 Å². The van der Waals surface area contributed by atoms with Gasteiger partial charge in [-0.1, -0.05) is 0 Å². The van der Waals surface area contributed by atoms with Crippen molar-refractivity contribution in [3.05, 3.63) is 42.2 Å². The molecule has 0 N–H and O–H groups in total. The van der Waals surface area contributed by atoms with Gasteiger partial charge < -0.3 is 4.57 Å². The summed E-state index contributed by atoms with van der Waals surface area (Å²) >= 11 is 0. The van der Waals surface area contributed by atoms with Crippen molar-refractivity contribution in [2.75, 3.05) is 0 Å². The van der Waals surface area contributed by atoms with E-state index in [1.807, 2.05) is 18.7 Å². The Balaban J connectivity index is 1.68. The predicted molar refractivity (Wildman–Crippen MR) is 59.9 cm³/mol. The van der Waals surface area contributed by atoms with Gasteiger partial charge in [0.1, 0.15) is 12.2 Å². The van der Waals surface area contributed by atoms with Gasteiger partial charge in [0, 0.05) is 24.9 Å². The molecule has 2 aromatic heterocycles. The van der Waals surface area contributed by atoms with E-state index in [1.165, 1.54) is 18.4 Å². The molecule has 2 heterocycles. The second kappa shape index (κ2) is 4.04. The Bertz CT molecular complexity index is 459. The van der Waals surface area contributed by atoms with Gasteiger partial charge in [-0.25, -0.2) is 0 Å². The lowest BCUT2D eigenvalue weighted by Gasteiger charge is -2.04. The van der Waals surface area contributed by atoms with Gasteiger partial charge in [-0.15, -0.1) is 10.2 Å². The molecular weight excluding hydrogens is 200 g/mol. The first kappa shape index (κ1) is 9.51. The molecule has 4 heteroatoms. The Morgan fingerprint density at radius 2 is 2.00 bits per heavy atom. The largest absolute Gasteiger partial charge is 0.314 e. The van der Waals surface area contributed by atoms with Crippen molar-refractivity contribution in [3.63, 3.8) is 0 Å². The van der Waals surface area contributed by atoms with Crippen LogP contribution in [0, 0.1) is 0 Å². The minimum absolute atomic E-state index is 0.669. The van der Waals surface area contributed by atoms with Gasteiger partial charge in [-0.2, -0.15) is 0 Å². The van der Waals surface area contributed by atoms with Crippen molar-refractivity contribution in [3.8, 4) is 0 Å². The second-order valence-electron chi connectivity index (χ2n) is 4.24. The zero-order valence-electron chi connectivity index (χ0n) is 9.08. The highest BCUT2D eigenvalue weighted by molar-refractivity contribution is 5.11. The van der Waals surface area contributed by atoms with Gasteiger partial charge in [-0.3, -0.25) is 4.98 Å². The summed E-state index contributed by atoms with van der Waals surface area (Å²) in [6, 6.07) is 4.78. The van der Waals surface area contributed by atoms with Crippen LogP contribution in [0.2, 0.25) is 0 Å². The van der Waals surface area contributed by atoms with E-state index in [9.17, 15) is 0 Å². The first-order chi connectivity index (χ1) is 7.93. The summed E-state index contributed by atoms with van der Waals surface area (Å²) in [7, 11) is 0. The van der Waals surface area contributed by atoms with E-state index in [0.717, 1.165) is 18.7 Å². The summed E-state index contributed by atoms with van der Waals surface area (Å²) in [5, 5.41) is 8.19. The van der Waals surface area contributed by atoms with E-state index in [4.69, 9.17) is 0 Å². The third-order valence-corrected chi connectivity index (χ3v) is 2.97. The molecule has 0 aliphatic heterocycles. The van der Waals surface area contributed by atoms with Crippen molar-refractivity contribution in [2.45, 2.75) is 31.7 Å². The molecule has 82 valence electrons. The van der Waals surface area contributed by atoms with Gasteiger partial charge in [0.15, 0.2) is 0 Å². The number of hydrogen-bond acceptors (Lipinski definition) is 3. The minimum Gasteiger partial charge on any atom is -0.314 e. The second-order valence-corrected chi connectivity index (χ2v) is 4.24. The summed E-state index contributed by atoms with van der Waals surface area (Å²) in [5.74, 6) is 1.11. The maximum atomic E-state index is 4.19. The fourth-order valence-electron chi connectivity index (χ4n) is 1.91. The van der Waals surface area contributed by atoms with E-state index in [-0.39, 0.29) is 0 Å². The maximum Gasteiger partial charge on any atom is 0.133 e. The number of aryl methyl sites for hydroxylation is 2. The van der Waals surface area contributed by atoms with Crippen LogP contribution in [0.3, 0.4) is 0 Å². The Hall–Kier alpha value is -1.71. The molecule has 0 atom stereocenters. The minimum atomic E-state index is 0.669. The third kappa shape index (κ3) is 1.96. The zero-order valence-corrected chi connectivity index (χ0v) is 9.08. The van der Waals surface area contributed by atoms with Crippen LogP contribution < -0.4 is 0 Å². The number of rotatable bonds is 4. The van der Waals surface area contributed by atoms with Crippen molar-refractivity contribution >= 4 is 0 Å². The summed E-state index contributed by atoms with van der Waals surface area (Å²) in [6.07, 6.45) is 10.1. The van der Waals surface area contributed by atoms with Crippen LogP contribution in [0.25, 0.3) is 0 Å². The van der Waals surface area contributed by atoms with Gasteiger partial charge in [0.25, 0.3) is 0 Å². The van der Waals surface area contributed by atoms with Crippen molar-refractivity contribution in [1.82, 2.24) is 19.7 Å². The quantitative estimate of drug-likeness (QED) is 0.779. The number of aromatic nitrogens is 4. The molecule has 2 aromatic rings. The van der Waals surface area contributed by atoms with Crippen molar-refractivity contribution in [2.24, 2.45) is 0 Å². The average Bonchev–Trinajstić information content (AvgIpc) is 3.07. The smallest absolute Gasteiger partial charge is 0.133 e. The molecule has 1 aliphatic carbocycles. The summed E-state index contributed by atoms with van der Waals surface area (Å²) in [4.78, 5) is 4.01. The summed E-state index contributed by atoms with van der Waals surface area (Å²) < 4.78 is 2.22. The Morgan fingerprint density at radius 1 is 1.19 bits per heavy atom. The normalized spacial score (nSPS) is 15.2. The molecule has 0 spiro atoms. The lowest BCUT2D eigenvalue weighted by atomic mass is 10.1. The highest BCUT2D eigenvalue weighted by Gasteiger charge is 2.25. The maximum absolute atomic E-state index is 4.19. The number of nitrogens with zero attached hydrogens (tertiary/aromatic N) is 4. The molecule has 0 bridgehead atoms. The Morgan fingerprint density at radius 3 is 2.75 bits per heavy atom. The molecule has 1 aliphatic rings. The molecular formula is C12H14N4. The van der Waals surface area contributed by atoms with Crippen LogP contribution in [0.5, 0.6) is 0 Å². The van der Waals surface area contributed by atoms with E-state index < -0.39 is 0 Å². The summed E-state index contributed by atoms with van der Waals surface area (Å²) in [6.45, 7) is 0. The van der Waals surface area contributed by atoms with Crippen LogP contribution in [-0.4, -0.2) is 19.7 Å². The lowest BCUT2D eigenvalue weighted by Crippen LogP contribution is -2.02. The average molecular weight is 214 g/mol. The number of pyridine rings is 1. The molecule has 3 rings (SSSR count). The highest BCUT2D eigenvalue weighted by atomic mass is 15.3. The highest BCUT2D eigenvalue weighted by Crippen LogP contribution is 2.35. The Labute approximate surface area is 94.4 Å². The molecule has 16 heavy (non-hydrogen) atoms. The number of hydrogen-bond donors (Lipinski definition) is 0. The van der Waals surface area contributed by atoms with Crippen molar-refractivity contribution in [1.29, 1.82) is 0 Å². The van der Waals surface area contributed by atoms with Gasteiger partial charge in [-0.05, 0) is 37.0 Å². The van der Waals surface area contributed by atoms with E-state index in [0.29, 0.717) is 6.04 Å². The fourth-order valence-corrected chi connectivity index (χ4v) is 1.91. The van der Waals surface area contributed by atoms with Crippen molar-refractivity contribution < 1.29 is 0 Å².